The first-order chi connectivity index (χ1) is 11.0. The van der Waals surface area contributed by atoms with Crippen LogP contribution < -0.4 is 5.73 Å². The normalized spacial score (nSPS) is 15.2. The van der Waals surface area contributed by atoms with E-state index in [9.17, 15) is 13.6 Å². The van der Waals surface area contributed by atoms with Crippen LogP contribution in [0.1, 0.15) is 15.2 Å². The van der Waals surface area contributed by atoms with Crippen LogP contribution >= 0.6 is 23.7 Å². The van der Waals surface area contributed by atoms with E-state index < -0.39 is 11.6 Å². The third kappa shape index (κ3) is 4.19. The highest BCUT2D eigenvalue weighted by atomic mass is 35.5. The van der Waals surface area contributed by atoms with E-state index in [4.69, 9.17) is 5.73 Å². The lowest BCUT2D eigenvalue weighted by molar-refractivity contribution is 0.0629. The quantitative estimate of drug-likeness (QED) is 0.896. The number of anilines is 1. The molecule has 1 aliphatic rings. The molecule has 0 unspecified atom stereocenters. The smallest absolute Gasteiger partial charge is 0.254 e. The Balaban J connectivity index is 0.00000208. The Kier molecular flexibility index (Phi) is 6.09. The maximum Gasteiger partial charge on any atom is 0.254 e. The summed E-state index contributed by atoms with van der Waals surface area (Å²) in [6, 6.07) is 3.24. The first kappa shape index (κ1) is 18.6. The molecule has 9 heteroatoms. The summed E-state index contributed by atoms with van der Waals surface area (Å²) in [7, 11) is 0. The van der Waals surface area contributed by atoms with Crippen molar-refractivity contribution in [3.05, 3.63) is 46.5 Å². The number of nitrogen functional groups attached to an aromatic ring is 1. The number of nitrogens with zero attached hydrogens (tertiary/aromatic N) is 3. The first-order valence-electron chi connectivity index (χ1n) is 7.20. The SMILES string of the molecule is Cl.Nc1ncc(CN2CCN(C(=O)c3ccc(F)c(F)c3)CC2)s1. The average molecular weight is 375 g/mol. The van der Waals surface area contributed by atoms with Crippen molar-refractivity contribution in [2.24, 2.45) is 0 Å². The maximum absolute atomic E-state index is 13.2. The fourth-order valence-corrected chi connectivity index (χ4v) is 3.26. The highest BCUT2D eigenvalue weighted by Gasteiger charge is 2.23. The van der Waals surface area contributed by atoms with Crippen molar-refractivity contribution in [2.75, 3.05) is 31.9 Å². The molecule has 2 aromatic rings. The summed E-state index contributed by atoms with van der Waals surface area (Å²) in [6.45, 7) is 3.28. The molecule has 130 valence electrons. The number of amides is 1. The lowest BCUT2D eigenvalue weighted by Gasteiger charge is -2.34. The third-order valence-corrected chi connectivity index (χ3v) is 4.59. The fraction of sp³-hybridized carbons (Fsp3) is 0.333. The van der Waals surface area contributed by atoms with Gasteiger partial charge in [0.05, 0.1) is 0 Å². The van der Waals surface area contributed by atoms with Crippen molar-refractivity contribution in [2.45, 2.75) is 6.54 Å². The second kappa shape index (κ2) is 7.87. The van der Waals surface area contributed by atoms with Crippen molar-refractivity contribution in [3.8, 4) is 0 Å². The van der Waals surface area contributed by atoms with Gasteiger partial charge >= 0.3 is 0 Å². The molecule has 1 aromatic carbocycles. The minimum atomic E-state index is -1.00. The van der Waals surface area contributed by atoms with Crippen molar-refractivity contribution >= 4 is 34.8 Å². The lowest BCUT2D eigenvalue weighted by Crippen LogP contribution is -2.48. The molecule has 1 aliphatic heterocycles. The van der Waals surface area contributed by atoms with E-state index in [0.29, 0.717) is 31.3 Å². The molecular weight excluding hydrogens is 358 g/mol. The van der Waals surface area contributed by atoms with Gasteiger partial charge in [0, 0.05) is 49.4 Å². The number of hydrogen-bond donors (Lipinski definition) is 1. The molecule has 2 heterocycles. The van der Waals surface area contributed by atoms with Gasteiger partial charge in [-0.1, -0.05) is 0 Å². The zero-order valence-corrected chi connectivity index (χ0v) is 14.4. The number of rotatable bonds is 3. The van der Waals surface area contributed by atoms with Crippen LogP contribution in [0, 0.1) is 11.6 Å². The number of benzene rings is 1. The largest absolute Gasteiger partial charge is 0.375 e. The fourth-order valence-electron chi connectivity index (χ4n) is 2.54. The molecule has 0 atom stereocenters. The predicted molar refractivity (Wildman–Crippen MR) is 91.3 cm³/mol. The van der Waals surface area contributed by atoms with Gasteiger partial charge in [0.2, 0.25) is 0 Å². The van der Waals surface area contributed by atoms with E-state index in [1.165, 1.54) is 17.4 Å². The van der Waals surface area contributed by atoms with Crippen molar-refractivity contribution in [1.82, 2.24) is 14.8 Å². The van der Waals surface area contributed by atoms with E-state index in [2.05, 4.69) is 9.88 Å². The van der Waals surface area contributed by atoms with Crippen molar-refractivity contribution in [3.63, 3.8) is 0 Å². The molecule has 1 amide bonds. The van der Waals surface area contributed by atoms with E-state index in [-0.39, 0.29) is 23.9 Å². The van der Waals surface area contributed by atoms with E-state index in [1.54, 1.807) is 11.1 Å². The third-order valence-electron chi connectivity index (χ3n) is 3.78. The summed E-state index contributed by atoms with van der Waals surface area (Å²) < 4.78 is 26.2. The molecule has 0 bridgehead atoms. The summed E-state index contributed by atoms with van der Waals surface area (Å²) in [4.78, 5) is 21.3. The Labute approximate surface area is 148 Å². The van der Waals surface area contributed by atoms with Gasteiger partial charge in [-0.2, -0.15) is 0 Å². The number of piperazine rings is 1. The van der Waals surface area contributed by atoms with Gasteiger partial charge in [-0.15, -0.1) is 23.7 Å². The monoisotopic (exact) mass is 374 g/mol. The molecular formula is C15H17ClF2N4OS. The Morgan fingerprint density at radius 2 is 1.92 bits per heavy atom. The Hall–Kier alpha value is -1.77. The molecule has 0 radical (unpaired) electrons. The van der Waals surface area contributed by atoms with Crippen LogP contribution in [-0.2, 0) is 6.54 Å². The number of carbonyl (C=O) groups is 1. The van der Waals surface area contributed by atoms with Gasteiger partial charge in [-0.25, -0.2) is 13.8 Å². The van der Waals surface area contributed by atoms with Gasteiger partial charge in [-0.05, 0) is 18.2 Å². The summed E-state index contributed by atoms with van der Waals surface area (Å²) in [5.74, 6) is -2.22. The number of thiazole rings is 1. The van der Waals surface area contributed by atoms with E-state index in [1.807, 2.05) is 0 Å². The van der Waals surface area contributed by atoms with Crippen LogP contribution in [0.3, 0.4) is 0 Å². The van der Waals surface area contributed by atoms with Gasteiger partial charge in [-0.3, -0.25) is 9.69 Å². The van der Waals surface area contributed by atoms with Crippen LogP contribution in [0.25, 0.3) is 0 Å². The topological polar surface area (TPSA) is 62.5 Å². The van der Waals surface area contributed by atoms with Gasteiger partial charge < -0.3 is 10.6 Å². The van der Waals surface area contributed by atoms with Crippen LogP contribution in [0.4, 0.5) is 13.9 Å². The second-order valence-corrected chi connectivity index (χ2v) is 6.51. The number of halogens is 3. The summed E-state index contributed by atoms with van der Waals surface area (Å²) >= 11 is 1.46. The number of aromatic nitrogens is 1. The highest BCUT2D eigenvalue weighted by molar-refractivity contribution is 7.15. The molecule has 24 heavy (non-hydrogen) atoms. The van der Waals surface area contributed by atoms with Crippen molar-refractivity contribution in [1.29, 1.82) is 0 Å². The first-order valence-corrected chi connectivity index (χ1v) is 8.01. The van der Waals surface area contributed by atoms with Gasteiger partial charge in [0.15, 0.2) is 16.8 Å². The Bertz CT molecular complexity index is 719. The second-order valence-electron chi connectivity index (χ2n) is 5.36. The Morgan fingerprint density at radius 3 is 2.50 bits per heavy atom. The molecule has 2 N–H and O–H groups in total. The summed E-state index contributed by atoms with van der Waals surface area (Å²) in [5, 5.41) is 0.548. The van der Waals surface area contributed by atoms with Crippen LogP contribution in [0.15, 0.2) is 24.4 Å². The molecule has 1 aromatic heterocycles. The van der Waals surface area contributed by atoms with Gasteiger partial charge in [0.25, 0.3) is 5.91 Å². The molecule has 1 fully saturated rings. The molecule has 0 aliphatic carbocycles. The molecule has 1 saturated heterocycles. The number of nitrogens with two attached hydrogens (primary N) is 1. The van der Waals surface area contributed by atoms with Crippen LogP contribution in [-0.4, -0.2) is 46.9 Å². The maximum atomic E-state index is 13.2. The number of carbonyl (C=O) groups excluding carboxylic acids is 1. The molecule has 5 nitrogen and oxygen atoms in total. The highest BCUT2D eigenvalue weighted by Crippen LogP contribution is 2.18. The zero-order valence-electron chi connectivity index (χ0n) is 12.7. The van der Waals surface area contributed by atoms with Crippen LogP contribution in [0.5, 0.6) is 0 Å². The molecule has 0 saturated carbocycles. The minimum absolute atomic E-state index is 0. The summed E-state index contributed by atoms with van der Waals surface area (Å²) in [5.41, 5.74) is 5.79. The molecule has 0 spiro atoms. The average Bonchev–Trinajstić information content (AvgIpc) is 2.95. The standard InChI is InChI=1S/C15H16F2N4OS.ClH/c16-12-2-1-10(7-13(12)17)14(22)21-5-3-20(4-6-21)9-11-8-19-15(18)23-11;/h1-2,7-8H,3-6,9H2,(H2,18,19);1H. The Morgan fingerprint density at radius 1 is 1.21 bits per heavy atom. The van der Waals surface area contributed by atoms with Crippen molar-refractivity contribution < 1.29 is 13.6 Å². The lowest BCUT2D eigenvalue weighted by atomic mass is 10.1. The minimum Gasteiger partial charge on any atom is -0.375 e. The van der Waals surface area contributed by atoms with E-state index >= 15 is 0 Å². The van der Waals surface area contributed by atoms with E-state index in [0.717, 1.165) is 23.6 Å². The number of hydrogen-bond acceptors (Lipinski definition) is 5. The zero-order chi connectivity index (χ0) is 16.4. The van der Waals surface area contributed by atoms with Gasteiger partial charge in [0.1, 0.15) is 0 Å². The van der Waals surface area contributed by atoms with Crippen LogP contribution in [0.2, 0.25) is 0 Å². The molecule has 3 rings (SSSR count). The summed E-state index contributed by atoms with van der Waals surface area (Å²) in [6.07, 6.45) is 1.76. The predicted octanol–water partition coefficient (Wildman–Crippen LogP) is 2.38.